The molecule has 26 heavy (non-hydrogen) atoms. The standard InChI is InChI=1S/C20H27N3OS2/c1-2-3-4-5-6-9-13-23-19(24)17-15-10-7-8-11-16(15)26-18(17)22-20(23)25-14-12-21/h2-11,13-14H2,1H3. The third-order valence-electron chi connectivity index (χ3n) is 5.04. The highest BCUT2D eigenvalue weighted by Gasteiger charge is 2.22. The molecule has 0 aliphatic heterocycles. The lowest BCUT2D eigenvalue weighted by molar-refractivity contribution is 0.520. The highest BCUT2D eigenvalue weighted by atomic mass is 32.2. The average molecular weight is 390 g/mol. The SMILES string of the molecule is CCCCCCCCn1c(SCC#N)nc2sc3c(c2c1=O)CCCC3. The molecule has 3 rings (SSSR count). The van der Waals surface area contributed by atoms with E-state index in [0.29, 0.717) is 12.3 Å². The second kappa shape index (κ2) is 9.57. The van der Waals surface area contributed by atoms with Gasteiger partial charge in [-0.3, -0.25) is 9.36 Å². The summed E-state index contributed by atoms with van der Waals surface area (Å²) in [6.45, 7) is 2.94. The van der Waals surface area contributed by atoms with Gasteiger partial charge in [-0.25, -0.2) is 4.98 Å². The zero-order valence-electron chi connectivity index (χ0n) is 15.6. The first kappa shape index (κ1) is 19.4. The predicted molar refractivity (Wildman–Crippen MR) is 110 cm³/mol. The molecule has 0 fully saturated rings. The van der Waals surface area contributed by atoms with E-state index in [1.807, 2.05) is 4.57 Å². The zero-order chi connectivity index (χ0) is 18.4. The van der Waals surface area contributed by atoms with Crippen LogP contribution >= 0.6 is 23.1 Å². The number of fused-ring (bicyclic) bond motifs is 3. The Hall–Kier alpha value is -1.32. The van der Waals surface area contributed by atoms with Crippen LogP contribution < -0.4 is 5.56 Å². The molecule has 0 amide bonds. The van der Waals surface area contributed by atoms with Crippen LogP contribution in [0.15, 0.2) is 9.95 Å². The normalized spacial score (nSPS) is 13.7. The highest BCUT2D eigenvalue weighted by Crippen LogP contribution is 2.34. The van der Waals surface area contributed by atoms with Crippen molar-refractivity contribution >= 4 is 33.3 Å². The molecule has 6 heteroatoms. The molecule has 1 aliphatic carbocycles. The molecule has 0 spiro atoms. The van der Waals surface area contributed by atoms with Crippen molar-refractivity contribution in [3.63, 3.8) is 0 Å². The molecule has 140 valence electrons. The van der Waals surface area contributed by atoms with Crippen LogP contribution in [0.4, 0.5) is 0 Å². The van der Waals surface area contributed by atoms with E-state index in [2.05, 4.69) is 13.0 Å². The maximum atomic E-state index is 13.2. The van der Waals surface area contributed by atoms with Gasteiger partial charge in [-0.05, 0) is 37.7 Å². The monoisotopic (exact) mass is 389 g/mol. The number of unbranched alkanes of at least 4 members (excludes halogenated alkanes) is 5. The van der Waals surface area contributed by atoms with E-state index >= 15 is 0 Å². The maximum absolute atomic E-state index is 13.2. The van der Waals surface area contributed by atoms with Crippen molar-refractivity contribution in [2.24, 2.45) is 0 Å². The summed E-state index contributed by atoms with van der Waals surface area (Å²) in [5.41, 5.74) is 1.37. The van der Waals surface area contributed by atoms with E-state index < -0.39 is 0 Å². The maximum Gasteiger partial charge on any atom is 0.263 e. The van der Waals surface area contributed by atoms with Gasteiger partial charge in [0.1, 0.15) is 4.83 Å². The molecule has 0 saturated carbocycles. The lowest BCUT2D eigenvalue weighted by atomic mass is 9.97. The smallest absolute Gasteiger partial charge is 0.263 e. The van der Waals surface area contributed by atoms with Crippen LogP contribution in [0.3, 0.4) is 0 Å². The molecule has 1 aliphatic rings. The van der Waals surface area contributed by atoms with Gasteiger partial charge in [-0.2, -0.15) is 5.26 Å². The van der Waals surface area contributed by atoms with Gasteiger partial charge in [0.15, 0.2) is 5.16 Å². The number of nitrogens with zero attached hydrogens (tertiary/aromatic N) is 3. The molecule has 4 nitrogen and oxygen atoms in total. The minimum atomic E-state index is 0.114. The molecule has 0 bridgehead atoms. The van der Waals surface area contributed by atoms with Gasteiger partial charge in [-0.15, -0.1) is 11.3 Å². The second-order valence-electron chi connectivity index (χ2n) is 6.96. The Morgan fingerprint density at radius 1 is 1.19 bits per heavy atom. The minimum absolute atomic E-state index is 0.114. The van der Waals surface area contributed by atoms with Crippen LogP contribution in [-0.4, -0.2) is 15.3 Å². The molecule has 2 aromatic rings. The van der Waals surface area contributed by atoms with Crippen molar-refractivity contribution < 1.29 is 0 Å². The van der Waals surface area contributed by atoms with Gasteiger partial charge in [0, 0.05) is 11.4 Å². The number of hydrogen-bond acceptors (Lipinski definition) is 5. The van der Waals surface area contributed by atoms with Crippen molar-refractivity contribution in [2.45, 2.75) is 82.8 Å². The Morgan fingerprint density at radius 3 is 2.77 bits per heavy atom. The van der Waals surface area contributed by atoms with Crippen molar-refractivity contribution in [3.8, 4) is 6.07 Å². The van der Waals surface area contributed by atoms with E-state index in [9.17, 15) is 4.79 Å². The Bertz CT molecular complexity index is 847. The quantitative estimate of drug-likeness (QED) is 0.331. The molecule has 2 aromatic heterocycles. The minimum Gasteiger partial charge on any atom is -0.287 e. The summed E-state index contributed by atoms with van der Waals surface area (Å²) < 4.78 is 1.84. The van der Waals surface area contributed by atoms with E-state index in [0.717, 1.165) is 41.1 Å². The van der Waals surface area contributed by atoms with Gasteiger partial charge in [-0.1, -0.05) is 50.8 Å². The number of rotatable bonds is 9. The first-order valence-electron chi connectivity index (χ1n) is 9.81. The highest BCUT2D eigenvalue weighted by molar-refractivity contribution is 7.99. The van der Waals surface area contributed by atoms with Gasteiger partial charge in [0.25, 0.3) is 5.56 Å². The molecular formula is C20H27N3OS2. The van der Waals surface area contributed by atoms with Crippen LogP contribution in [0.2, 0.25) is 0 Å². The van der Waals surface area contributed by atoms with Gasteiger partial charge < -0.3 is 0 Å². The van der Waals surface area contributed by atoms with E-state index in [1.165, 1.54) is 60.7 Å². The third kappa shape index (κ3) is 4.32. The topological polar surface area (TPSA) is 58.7 Å². The summed E-state index contributed by atoms with van der Waals surface area (Å²) in [7, 11) is 0. The van der Waals surface area contributed by atoms with Crippen LogP contribution in [0, 0.1) is 11.3 Å². The van der Waals surface area contributed by atoms with E-state index in [1.54, 1.807) is 11.3 Å². The number of aryl methyl sites for hydroxylation is 2. The Morgan fingerprint density at radius 2 is 1.96 bits per heavy atom. The van der Waals surface area contributed by atoms with E-state index in [4.69, 9.17) is 10.2 Å². The molecule has 2 heterocycles. The van der Waals surface area contributed by atoms with Crippen molar-refractivity contribution in [1.29, 1.82) is 5.26 Å². The molecule has 0 atom stereocenters. The van der Waals surface area contributed by atoms with Crippen molar-refractivity contribution in [2.75, 3.05) is 5.75 Å². The molecule has 0 aromatic carbocycles. The largest absolute Gasteiger partial charge is 0.287 e. The fourth-order valence-corrected chi connectivity index (χ4v) is 5.66. The summed E-state index contributed by atoms with van der Waals surface area (Å²) in [6, 6.07) is 2.16. The fraction of sp³-hybridized carbons (Fsp3) is 0.650. The Balaban J connectivity index is 1.87. The summed E-state index contributed by atoms with van der Waals surface area (Å²) in [6.07, 6.45) is 11.7. The van der Waals surface area contributed by atoms with Crippen LogP contribution in [0.1, 0.15) is 68.7 Å². The van der Waals surface area contributed by atoms with Gasteiger partial charge in [0.2, 0.25) is 0 Å². The molecule has 0 saturated heterocycles. The average Bonchev–Trinajstić information content (AvgIpc) is 3.03. The Labute approximate surface area is 163 Å². The second-order valence-corrected chi connectivity index (χ2v) is 8.98. The predicted octanol–water partition coefficient (Wildman–Crippen LogP) is 5.31. The molecule has 0 unspecified atom stereocenters. The third-order valence-corrected chi connectivity index (χ3v) is 7.07. The number of nitriles is 1. The van der Waals surface area contributed by atoms with Crippen LogP contribution in [-0.2, 0) is 19.4 Å². The fourth-order valence-electron chi connectivity index (χ4n) is 3.67. The summed E-state index contributed by atoms with van der Waals surface area (Å²) in [4.78, 5) is 20.3. The van der Waals surface area contributed by atoms with Crippen LogP contribution in [0.25, 0.3) is 10.2 Å². The van der Waals surface area contributed by atoms with Gasteiger partial charge >= 0.3 is 0 Å². The first-order chi connectivity index (χ1) is 12.8. The summed E-state index contributed by atoms with van der Waals surface area (Å²) in [5.74, 6) is 0.333. The van der Waals surface area contributed by atoms with Gasteiger partial charge in [0.05, 0.1) is 17.2 Å². The number of thioether (sulfide) groups is 1. The number of hydrogen-bond donors (Lipinski definition) is 0. The first-order valence-corrected chi connectivity index (χ1v) is 11.6. The Kier molecular flexibility index (Phi) is 7.15. The summed E-state index contributed by atoms with van der Waals surface area (Å²) >= 11 is 3.08. The zero-order valence-corrected chi connectivity index (χ0v) is 17.2. The van der Waals surface area contributed by atoms with E-state index in [-0.39, 0.29) is 5.56 Å². The number of thiophene rings is 1. The molecule has 0 radical (unpaired) electrons. The number of aromatic nitrogens is 2. The molecular weight excluding hydrogens is 362 g/mol. The summed E-state index contributed by atoms with van der Waals surface area (Å²) in [5, 5.41) is 10.5. The molecule has 0 N–H and O–H groups in total. The van der Waals surface area contributed by atoms with Crippen molar-refractivity contribution in [3.05, 3.63) is 20.8 Å². The van der Waals surface area contributed by atoms with Crippen molar-refractivity contribution in [1.82, 2.24) is 9.55 Å². The lowest BCUT2D eigenvalue weighted by Crippen LogP contribution is -2.24. The van der Waals surface area contributed by atoms with Crippen LogP contribution in [0.5, 0.6) is 0 Å². The lowest BCUT2D eigenvalue weighted by Gasteiger charge is -2.13.